The van der Waals surface area contributed by atoms with Crippen LogP contribution in [0.1, 0.15) is 16.1 Å². The van der Waals surface area contributed by atoms with Gasteiger partial charge in [-0.3, -0.25) is 14.6 Å². The Labute approximate surface area is 171 Å². The number of nitrogens with one attached hydrogen (secondary N) is 2. The lowest BCUT2D eigenvalue weighted by molar-refractivity contribution is 0.102. The van der Waals surface area contributed by atoms with Crippen LogP contribution in [0.3, 0.4) is 0 Å². The standard InChI is InChI=1S/C20H15Cl2N5O/c21-15-7-5-13(6-8-15)17-11-18(25-24-17)20(28)23-19-9-10-27(26-19)12-14-3-1-2-4-16(14)22/h1-11H,12H2,(H,24,25)(H,23,26,28). The first kappa shape index (κ1) is 18.3. The fourth-order valence-corrected chi connectivity index (χ4v) is 3.03. The third kappa shape index (κ3) is 4.08. The van der Waals surface area contributed by atoms with Crippen LogP contribution in [0, 0.1) is 0 Å². The highest BCUT2D eigenvalue weighted by Gasteiger charge is 2.13. The number of benzene rings is 2. The zero-order chi connectivity index (χ0) is 19.5. The summed E-state index contributed by atoms with van der Waals surface area (Å²) in [5, 5.41) is 15.4. The molecule has 0 atom stereocenters. The molecule has 4 aromatic rings. The fraction of sp³-hybridized carbons (Fsp3) is 0.0500. The van der Waals surface area contributed by atoms with Crippen molar-refractivity contribution in [3.05, 3.63) is 88.2 Å². The topological polar surface area (TPSA) is 75.6 Å². The molecule has 1 amide bonds. The number of amides is 1. The number of aromatic nitrogens is 4. The minimum Gasteiger partial charge on any atom is -0.304 e. The Morgan fingerprint density at radius 2 is 1.86 bits per heavy atom. The number of rotatable bonds is 5. The number of hydrogen-bond donors (Lipinski definition) is 2. The van der Waals surface area contributed by atoms with Crippen molar-refractivity contribution >= 4 is 34.9 Å². The smallest absolute Gasteiger partial charge is 0.274 e. The Bertz CT molecular complexity index is 1120. The van der Waals surface area contributed by atoms with Crippen molar-refractivity contribution in [3.8, 4) is 11.3 Å². The summed E-state index contributed by atoms with van der Waals surface area (Å²) in [5.41, 5.74) is 2.81. The zero-order valence-corrected chi connectivity index (χ0v) is 16.1. The van der Waals surface area contributed by atoms with Gasteiger partial charge in [0.05, 0.1) is 12.2 Å². The van der Waals surface area contributed by atoms with Gasteiger partial charge in [-0.15, -0.1) is 0 Å². The quantitative estimate of drug-likeness (QED) is 0.491. The predicted octanol–water partition coefficient (Wildman–Crippen LogP) is 4.88. The summed E-state index contributed by atoms with van der Waals surface area (Å²) in [6.07, 6.45) is 1.78. The summed E-state index contributed by atoms with van der Waals surface area (Å²) in [6, 6.07) is 18.2. The second-order valence-corrected chi connectivity index (χ2v) is 6.96. The van der Waals surface area contributed by atoms with Gasteiger partial charge >= 0.3 is 0 Å². The van der Waals surface area contributed by atoms with Gasteiger partial charge in [0.25, 0.3) is 5.91 Å². The van der Waals surface area contributed by atoms with E-state index in [0.717, 1.165) is 11.1 Å². The van der Waals surface area contributed by atoms with Crippen molar-refractivity contribution in [2.24, 2.45) is 0 Å². The third-order valence-corrected chi connectivity index (χ3v) is 4.76. The van der Waals surface area contributed by atoms with Gasteiger partial charge < -0.3 is 5.32 Å². The normalized spacial score (nSPS) is 10.8. The largest absolute Gasteiger partial charge is 0.304 e. The maximum absolute atomic E-state index is 12.5. The molecule has 0 saturated carbocycles. The SMILES string of the molecule is O=C(Nc1ccn(Cc2ccccc2Cl)n1)c1cc(-c2ccc(Cl)cc2)n[nH]1. The zero-order valence-electron chi connectivity index (χ0n) is 14.6. The van der Waals surface area contributed by atoms with Crippen LogP contribution in [-0.4, -0.2) is 25.9 Å². The van der Waals surface area contributed by atoms with Crippen LogP contribution >= 0.6 is 23.2 Å². The monoisotopic (exact) mass is 411 g/mol. The van der Waals surface area contributed by atoms with E-state index in [-0.39, 0.29) is 5.91 Å². The molecule has 2 aromatic carbocycles. The molecule has 0 aliphatic heterocycles. The molecule has 0 saturated heterocycles. The van der Waals surface area contributed by atoms with Gasteiger partial charge in [-0.2, -0.15) is 10.2 Å². The Hall–Kier alpha value is -3.09. The van der Waals surface area contributed by atoms with Crippen molar-refractivity contribution in [2.75, 3.05) is 5.32 Å². The van der Waals surface area contributed by atoms with E-state index in [1.54, 1.807) is 35.1 Å². The summed E-state index contributed by atoms with van der Waals surface area (Å²) in [5.74, 6) is 0.121. The van der Waals surface area contributed by atoms with E-state index in [4.69, 9.17) is 23.2 Å². The van der Waals surface area contributed by atoms with Gasteiger partial charge in [-0.05, 0) is 29.8 Å². The van der Waals surface area contributed by atoms with Crippen LogP contribution in [0.25, 0.3) is 11.3 Å². The van der Waals surface area contributed by atoms with Crippen LogP contribution in [0.2, 0.25) is 10.0 Å². The Balaban J connectivity index is 1.44. The number of hydrogen-bond acceptors (Lipinski definition) is 3. The molecule has 6 nitrogen and oxygen atoms in total. The first-order chi connectivity index (χ1) is 13.6. The summed E-state index contributed by atoms with van der Waals surface area (Å²) in [7, 11) is 0. The first-order valence-corrected chi connectivity index (χ1v) is 9.23. The molecular weight excluding hydrogens is 397 g/mol. The number of halogens is 2. The maximum atomic E-state index is 12.5. The van der Waals surface area contributed by atoms with Gasteiger partial charge in [0.2, 0.25) is 0 Å². The van der Waals surface area contributed by atoms with E-state index in [1.165, 1.54) is 0 Å². The maximum Gasteiger partial charge on any atom is 0.274 e. The van der Waals surface area contributed by atoms with Gasteiger partial charge in [0.15, 0.2) is 5.82 Å². The molecule has 2 heterocycles. The van der Waals surface area contributed by atoms with Gasteiger partial charge in [0.1, 0.15) is 5.69 Å². The molecule has 0 unspecified atom stereocenters. The lowest BCUT2D eigenvalue weighted by Gasteiger charge is -2.04. The molecule has 28 heavy (non-hydrogen) atoms. The minimum absolute atomic E-state index is 0.323. The lowest BCUT2D eigenvalue weighted by Crippen LogP contribution is -2.13. The number of anilines is 1. The van der Waals surface area contributed by atoms with Crippen molar-refractivity contribution in [1.82, 2.24) is 20.0 Å². The summed E-state index contributed by atoms with van der Waals surface area (Å²) >= 11 is 12.1. The average Bonchev–Trinajstić information content (AvgIpc) is 3.34. The predicted molar refractivity (Wildman–Crippen MR) is 110 cm³/mol. The molecular formula is C20H15Cl2N5O. The van der Waals surface area contributed by atoms with Crippen molar-refractivity contribution < 1.29 is 4.79 Å². The van der Waals surface area contributed by atoms with E-state index in [1.807, 2.05) is 36.4 Å². The average molecular weight is 412 g/mol. The Kier molecular flexibility index (Phi) is 5.14. The lowest BCUT2D eigenvalue weighted by atomic mass is 10.1. The summed E-state index contributed by atoms with van der Waals surface area (Å²) in [4.78, 5) is 12.5. The second-order valence-electron chi connectivity index (χ2n) is 6.12. The number of H-pyrrole nitrogens is 1. The van der Waals surface area contributed by atoms with Gasteiger partial charge in [0, 0.05) is 27.9 Å². The number of aromatic amines is 1. The molecule has 0 spiro atoms. The van der Waals surface area contributed by atoms with Crippen LogP contribution < -0.4 is 5.32 Å². The number of carbonyl (C=O) groups excluding carboxylic acids is 1. The van der Waals surface area contributed by atoms with Crippen LogP contribution in [-0.2, 0) is 6.54 Å². The number of nitrogens with zero attached hydrogens (tertiary/aromatic N) is 3. The molecule has 0 aliphatic carbocycles. The van der Waals surface area contributed by atoms with E-state index >= 15 is 0 Å². The molecule has 140 valence electrons. The highest BCUT2D eigenvalue weighted by atomic mass is 35.5. The van der Waals surface area contributed by atoms with E-state index < -0.39 is 0 Å². The van der Waals surface area contributed by atoms with Crippen LogP contribution in [0.4, 0.5) is 5.82 Å². The van der Waals surface area contributed by atoms with E-state index in [2.05, 4.69) is 20.6 Å². The molecule has 4 rings (SSSR count). The van der Waals surface area contributed by atoms with Crippen molar-refractivity contribution in [1.29, 1.82) is 0 Å². The molecule has 0 radical (unpaired) electrons. The second kappa shape index (κ2) is 7.88. The van der Waals surface area contributed by atoms with Crippen molar-refractivity contribution in [3.63, 3.8) is 0 Å². The molecule has 0 fully saturated rings. The van der Waals surface area contributed by atoms with Gasteiger partial charge in [-0.25, -0.2) is 0 Å². The Morgan fingerprint density at radius 3 is 2.64 bits per heavy atom. The highest BCUT2D eigenvalue weighted by molar-refractivity contribution is 6.31. The molecule has 0 bridgehead atoms. The van der Waals surface area contributed by atoms with Crippen LogP contribution in [0.5, 0.6) is 0 Å². The summed E-state index contributed by atoms with van der Waals surface area (Å²) in [6.45, 7) is 0.514. The van der Waals surface area contributed by atoms with Gasteiger partial charge in [-0.1, -0.05) is 53.5 Å². The van der Waals surface area contributed by atoms with Crippen molar-refractivity contribution in [2.45, 2.75) is 6.54 Å². The highest BCUT2D eigenvalue weighted by Crippen LogP contribution is 2.21. The molecule has 2 aromatic heterocycles. The summed E-state index contributed by atoms with van der Waals surface area (Å²) < 4.78 is 1.71. The number of carbonyl (C=O) groups is 1. The Morgan fingerprint density at radius 1 is 1.07 bits per heavy atom. The molecule has 0 aliphatic rings. The van der Waals surface area contributed by atoms with E-state index in [0.29, 0.717) is 33.8 Å². The fourth-order valence-electron chi connectivity index (χ4n) is 2.71. The van der Waals surface area contributed by atoms with Crippen LogP contribution in [0.15, 0.2) is 66.9 Å². The first-order valence-electron chi connectivity index (χ1n) is 8.48. The van der Waals surface area contributed by atoms with E-state index in [9.17, 15) is 4.79 Å². The molecule has 8 heteroatoms. The third-order valence-electron chi connectivity index (χ3n) is 4.13. The molecule has 2 N–H and O–H groups in total. The minimum atomic E-state index is -0.323.